The highest BCUT2D eigenvalue weighted by atomic mass is 35.5. The zero-order valence-corrected chi connectivity index (χ0v) is 13.8. The number of hydrogen-bond acceptors (Lipinski definition) is 3. The van der Waals surface area contributed by atoms with E-state index in [-0.39, 0.29) is 24.4 Å². The van der Waals surface area contributed by atoms with Gasteiger partial charge in [0.2, 0.25) is 0 Å². The fraction of sp³-hybridized carbons (Fsp3) is 0.588. The van der Waals surface area contributed by atoms with Gasteiger partial charge in [0.15, 0.2) is 0 Å². The van der Waals surface area contributed by atoms with Crippen LogP contribution >= 0.6 is 12.4 Å². The summed E-state index contributed by atoms with van der Waals surface area (Å²) >= 11 is 0. The molecule has 0 aliphatic carbocycles. The first kappa shape index (κ1) is 17.3. The summed E-state index contributed by atoms with van der Waals surface area (Å²) in [4.78, 5) is 14.5. The molecule has 2 fully saturated rings. The van der Waals surface area contributed by atoms with Crippen LogP contribution in [0.1, 0.15) is 24.8 Å². The normalized spacial score (nSPS) is 28.8. The zero-order chi connectivity index (χ0) is 14.7. The Morgan fingerprint density at radius 3 is 2.73 bits per heavy atom. The molecule has 0 radical (unpaired) electrons. The number of nitrogens with one attached hydrogen (secondary N) is 1. The van der Waals surface area contributed by atoms with Gasteiger partial charge in [0.25, 0.3) is 5.91 Å². The van der Waals surface area contributed by atoms with Crippen LogP contribution in [0.5, 0.6) is 0 Å². The third kappa shape index (κ3) is 3.80. The molecule has 22 heavy (non-hydrogen) atoms. The van der Waals surface area contributed by atoms with Gasteiger partial charge in [-0.1, -0.05) is 37.3 Å². The van der Waals surface area contributed by atoms with Crippen LogP contribution in [0.4, 0.5) is 0 Å². The molecule has 1 aromatic carbocycles. The molecule has 1 aromatic rings. The second kappa shape index (κ2) is 7.95. The van der Waals surface area contributed by atoms with E-state index in [1.807, 2.05) is 4.90 Å². The van der Waals surface area contributed by atoms with Crippen LogP contribution in [0.3, 0.4) is 0 Å². The first-order valence-corrected chi connectivity index (χ1v) is 7.92. The van der Waals surface area contributed by atoms with E-state index in [0.29, 0.717) is 25.0 Å². The van der Waals surface area contributed by atoms with Gasteiger partial charge >= 0.3 is 0 Å². The van der Waals surface area contributed by atoms with Gasteiger partial charge in [-0.05, 0) is 23.8 Å². The summed E-state index contributed by atoms with van der Waals surface area (Å²) in [5, 5.41) is 3.23. The molecule has 1 amide bonds. The van der Waals surface area contributed by atoms with E-state index in [1.54, 1.807) is 0 Å². The summed E-state index contributed by atoms with van der Waals surface area (Å²) < 4.78 is 5.59. The maximum absolute atomic E-state index is 12.5. The number of likely N-dealkylation sites (tertiary alicyclic amines) is 1. The largest absolute Gasteiger partial charge is 0.366 e. The molecule has 0 aromatic heterocycles. The van der Waals surface area contributed by atoms with Crippen LogP contribution in [0.2, 0.25) is 0 Å². The molecule has 4 nitrogen and oxygen atoms in total. The van der Waals surface area contributed by atoms with Gasteiger partial charge in [-0.25, -0.2) is 0 Å². The maximum atomic E-state index is 12.5. The van der Waals surface area contributed by atoms with Crippen LogP contribution < -0.4 is 5.32 Å². The number of hydrogen-bond donors (Lipinski definition) is 1. The van der Waals surface area contributed by atoms with Crippen molar-refractivity contribution in [2.24, 2.45) is 5.92 Å². The molecule has 2 aliphatic heterocycles. The molecule has 2 heterocycles. The van der Waals surface area contributed by atoms with Crippen LogP contribution in [-0.4, -0.2) is 49.7 Å². The molecule has 2 saturated heterocycles. The number of amides is 1. The van der Waals surface area contributed by atoms with Crippen LogP contribution in [0, 0.1) is 5.92 Å². The summed E-state index contributed by atoms with van der Waals surface area (Å²) in [5.74, 6) is 1.20. The third-order valence-corrected chi connectivity index (χ3v) is 4.65. The van der Waals surface area contributed by atoms with Crippen LogP contribution in [0.25, 0.3) is 0 Å². The fourth-order valence-electron chi connectivity index (χ4n) is 3.47. The minimum absolute atomic E-state index is 0. The minimum atomic E-state index is -0.292. The van der Waals surface area contributed by atoms with Crippen molar-refractivity contribution < 1.29 is 9.53 Å². The molecule has 0 spiro atoms. The Balaban J connectivity index is 0.00000176. The Bertz CT molecular complexity index is 477. The quantitative estimate of drug-likeness (QED) is 0.905. The predicted octanol–water partition coefficient (Wildman–Crippen LogP) is 2.05. The van der Waals surface area contributed by atoms with Crippen molar-refractivity contribution in [1.82, 2.24) is 10.2 Å². The molecule has 3 atom stereocenters. The van der Waals surface area contributed by atoms with E-state index in [9.17, 15) is 4.79 Å². The van der Waals surface area contributed by atoms with Gasteiger partial charge in [0.1, 0.15) is 6.10 Å². The molecular formula is C17H25ClN2O2. The standard InChI is InChI=1S/C17H24N2O2.ClH/c1-13-12-19(17(20)16-11-18-8-10-21-16)9-7-15(13)14-5-3-2-4-6-14;/h2-6,13,15-16,18H,7-12H2,1H3;1H. The smallest absolute Gasteiger partial charge is 0.253 e. The second-order valence-corrected chi connectivity index (χ2v) is 6.13. The number of morpholine rings is 1. The topological polar surface area (TPSA) is 41.6 Å². The number of halogens is 1. The number of rotatable bonds is 2. The van der Waals surface area contributed by atoms with Gasteiger partial charge in [-0.15, -0.1) is 12.4 Å². The highest BCUT2D eigenvalue weighted by Crippen LogP contribution is 2.32. The molecule has 0 bridgehead atoms. The van der Waals surface area contributed by atoms with E-state index in [2.05, 4.69) is 42.6 Å². The Kier molecular flexibility index (Phi) is 6.24. The highest BCUT2D eigenvalue weighted by Gasteiger charge is 2.33. The van der Waals surface area contributed by atoms with Crippen molar-refractivity contribution >= 4 is 18.3 Å². The van der Waals surface area contributed by atoms with Crippen molar-refractivity contribution in [3.8, 4) is 0 Å². The van der Waals surface area contributed by atoms with Crippen LogP contribution in [-0.2, 0) is 9.53 Å². The molecule has 2 aliphatic rings. The number of nitrogens with zero attached hydrogens (tertiary/aromatic N) is 1. The average molecular weight is 325 g/mol. The fourth-order valence-corrected chi connectivity index (χ4v) is 3.47. The van der Waals surface area contributed by atoms with Crippen molar-refractivity contribution in [2.75, 3.05) is 32.8 Å². The number of carbonyl (C=O) groups is 1. The van der Waals surface area contributed by atoms with Crippen molar-refractivity contribution in [3.63, 3.8) is 0 Å². The lowest BCUT2D eigenvalue weighted by Crippen LogP contribution is -2.52. The summed E-state index contributed by atoms with van der Waals surface area (Å²) in [6.07, 6.45) is 0.746. The van der Waals surface area contributed by atoms with Gasteiger partial charge in [0, 0.05) is 26.2 Å². The van der Waals surface area contributed by atoms with E-state index in [4.69, 9.17) is 4.74 Å². The molecular weight excluding hydrogens is 300 g/mol. The average Bonchev–Trinajstić information content (AvgIpc) is 2.55. The Morgan fingerprint density at radius 2 is 2.09 bits per heavy atom. The molecule has 0 saturated carbocycles. The third-order valence-electron chi connectivity index (χ3n) is 4.65. The zero-order valence-electron chi connectivity index (χ0n) is 13.0. The molecule has 122 valence electrons. The molecule has 5 heteroatoms. The van der Waals surface area contributed by atoms with Gasteiger partial charge in [-0.2, -0.15) is 0 Å². The van der Waals surface area contributed by atoms with Crippen molar-refractivity contribution in [2.45, 2.75) is 25.4 Å². The summed E-state index contributed by atoms with van der Waals surface area (Å²) in [7, 11) is 0. The highest BCUT2D eigenvalue weighted by molar-refractivity contribution is 5.85. The monoisotopic (exact) mass is 324 g/mol. The Hall–Kier alpha value is -1.10. The SMILES string of the molecule is CC1CN(C(=O)C2CNCCO2)CCC1c1ccccc1.Cl. The number of carbonyl (C=O) groups excluding carboxylic acids is 1. The van der Waals surface area contributed by atoms with Gasteiger partial charge in [-0.3, -0.25) is 4.79 Å². The van der Waals surface area contributed by atoms with E-state index in [0.717, 1.165) is 26.1 Å². The second-order valence-electron chi connectivity index (χ2n) is 6.13. The number of benzene rings is 1. The summed E-state index contributed by atoms with van der Waals surface area (Å²) in [5.41, 5.74) is 1.40. The Labute approximate surface area is 138 Å². The van der Waals surface area contributed by atoms with E-state index < -0.39 is 0 Å². The number of ether oxygens (including phenoxy) is 1. The molecule has 3 rings (SSSR count). The Morgan fingerprint density at radius 1 is 1.32 bits per heavy atom. The predicted molar refractivity (Wildman–Crippen MR) is 89.4 cm³/mol. The van der Waals surface area contributed by atoms with E-state index in [1.165, 1.54) is 5.56 Å². The maximum Gasteiger partial charge on any atom is 0.253 e. The summed E-state index contributed by atoms with van der Waals surface area (Å²) in [6.45, 7) is 6.03. The first-order chi connectivity index (χ1) is 10.3. The van der Waals surface area contributed by atoms with E-state index >= 15 is 0 Å². The lowest BCUT2D eigenvalue weighted by atomic mass is 9.81. The molecule has 3 unspecified atom stereocenters. The first-order valence-electron chi connectivity index (χ1n) is 7.92. The molecule has 1 N–H and O–H groups in total. The number of piperidine rings is 1. The van der Waals surface area contributed by atoms with Gasteiger partial charge in [0.05, 0.1) is 6.61 Å². The minimum Gasteiger partial charge on any atom is -0.366 e. The van der Waals surface area contributed by atoms with Crippen LogP contribution in [0.15, 0.2) is 30.3 Å². The van der Waals surface area contributed by atoms with Gasteiger partial charge < -0.3 is 15.0 Å². The summed E-state index contributed by atoms with van der Waals surface area (Å²) in [6, 6.07) is 10.7. The lowest BCUT2D eigenvalue weighted by Gasteiger charge is -2.39. The van der Waals surface area contributed by atoms with Crippen molar-refractivity contribution in [1.29, 1.82) is 0 Å². The lowest BCUT2D eigenvalue weighted by molar-refractivity contribution is -0.147. The van der Waals surface area contributed by atoms with Crippen molar-refractivity contribution in [3.05, 3.63) is 35.9 Å².